The molecule has 0 atom stereocenters. The molecule has 7 nitrogen and oxygen atoms in total. The molecule has 2 aliphatic heterocycles. The average Bonchev–Trinajstić information content (AvgIpc) is 3.32. The van der Waals surface area contributed by atoms with Crippen molar-refractivity contribution in [2.24, 2.45) is 4.99 Å². The molecule has 0 bridgehead atoms. The summed E-state index contributed by atoms with van der Waals surface area (Å²) in [5.74, 6) is -0.0878. The maximum absolute atomic E-state index is 13.7. The van der Waals surface area contributed by atoms with E-state index in [1.807, 2.05) is 55.6 Å². The van der Waals surface area contributed by atoms with Crippen molar-refractivity contribution in [3.05, 3.63) is 94.4 Å². The van der Waals surface area contributed by atoms with Crippen LogP contribution in [0.2, 0.25) is 0 Å². The number of amides is 1. The summed E-state index contributed by atoms with van der Waals surface area (Å²) in [6.45, 7) is 0.400. The monoisotopic (exact) mass is 522 g/mol. The molecule has 1 fully saturated rings. The van der Waals surface area contributed by atoms with E-state index in [4.69, 9.17) is 4.99 Å². The Morgan fingerprint density at radius 2 is 1.60 bits per heavy atom. The van der Waals surface area contributed by atoms with Crippen molar-refractivity contribution < 1.29 is 13.2 Å². The number of anilines is 2. The predicted molar refractivity (Wildman–Crippen MR) is 144 cm³/mol. The first kappa shape index (κ1) is 23.5. The maximum atomic E-state index is 13.7. The van der Waals surface area contributed by atoms with Crippen molar-refractivity contribution in [3.8, 4) is 0 Å². The number of nitrogens with zero attached hydrogens (tertiary/aromatic N) is 3. The maximum Gasteiger partial charge on any atom is 0.269 e. The Morgan fingerprint density at radius 3 is 2.29 bits per heavy atom. The molecule has 0 aliphatic carbocycles. The number of sulfonamides is 1. The Labute approximate surface area is 213 Å². The Kier molecular flexibility index (Phi) is 6.35. The molecule has 1 saturated heterocycles. The fourth-order valence-electron chi connectivity index (χ4n) is 3.75. The van der Waals surface area contributed by atoms with Gasteiger partial charge in [0.15, 0.2) is 5.17 Å². The number of benzene rings is 3. The summed E-state index contributed by atoms with van der Waals surface area (Å²) < 4.78 is 25.4. The lowest BCUT2D eigenvalue weighted by atomic mass is 10.2. The van der Waals surface area contributed by atoms with Gasteiger partial charge in [0.2, 0.25) is 10.0 Å². The van der Waals surface area contributed by atoms with Crippen LogP contribution in [0.1, 0.15) is 5.56 Å². The molecule has 3 aromatic rings. The Morgan fingerprint density at radius 1 is 0.914 bits per heavy atom. The number of carbonyl (C=O) groups is 1. The average molecular weight is 523 g/mol. The number of nitrogens with one attached hydrogen (secondary N) is 1. The van der Waals surface area contributed by atoms with E-state index in [2.05, 4.69) is 15.7 Å². The summed E-state index contributed by atoms with van der Waals surface area (Å²) in [5, 5.41) is 1.47. The van der Waals surface area contributed by atoms with E-state index in [1.165, 1.54) is 11.8 Å². The number of thioether (sulfide) groups is 2. The fraction of sp³-hybridized carbons (Fsp3) is 0.120. The highest BCUT2D eigenvalue weighted by Crippen LogP contribution is 2.50. The second kappa shape index (κ2) is 9.44. The summed E-state index contributed by atoms with van der Waals surface area (Å²) in [6, 6.07) is 24.6. The van der Waals surface area contributed by atoms with E-state index >= 15 is 0 Å². The molecule has 0 saturated carbocycles. The van der Waals surface area contributed by atoms with E-state index in [0.717, 1.165) is 27.4 Å². The number of hydrogen-bond donors (Lipinski definition) is 1. The van der Waals surface area contributed by atoms with Crippen molar-refractivity contribution in [2.45, 2.75) is 11.4 Å². The standard InChI is InChI=1S/C25H22N4O3S3/c1-28-20-10-6-7-11-21(20)33-24(28)22-23(30)29(16-17-8-4-3-5-9-17)25(34-22)26-18-12-14-19(15-13-18)27-35(2,31)32/h3-15,27H,16H2,1-2H3/b24-22-,26-25-. The summed E-state index contributed by atoms with van der Waals surface area (Å²) in [7, 11) is -1.39. The molecule has 3 aromatic carbocycles. The second-order valence-corrected chi connectivity index (χ2v) is 11.8. The van der Waals surface area contributed by atoms with Gasteiger partial charge >= 0.3 is 0 Å². The topological polar surface area (TPSA) is 82.1 Å². The van der Waals surface area contributed by atoms with E-state index in [9.17, 15) is 13.2 Å². The van der Waals surface area contributed by atoms with Crippen molar-refractivity contribution in [2.75, 3.05) is 22.9 Å². The normalized spacial score (nSPS) is 18.9. The highest BCUT2D eigenvalue weighted by Gasteiger charge is 2.39. The number of hydrogen-bond acceptors (Lipinski definition) is 7. The first-order valence-electron chi connectivity index (χ1n) is 10.7. The minimum atomic E-state index is -3.36. The van der Waals surface area contributed by atoms with E-state index in [0.29, 0.717) is 28.0 Å². The largest absolute Gasteiger partial charge is 0.337 e. The molecule has 35 heavy (non-hydrogen) atoms. The van der Waals surface area contributed by atoms with Crippen LogP contribution in [0.4, 0.5) is 17.1 Å². The van der Waals surface area contributed by atoms with Crippen LogP contribution in [-0.4, -0.2) is 37.7 Å². The third-order valence-corrected chi connectivity index (χ3v) is 8.41. The molecule has 5 rings (SSSR count). The van der Waals surface area contributed by atoms with Gasteiger partial charge in [0.05, 0.1) is 29.2 Å². The fourth-order valence-corrected chi connectivity index (χ4v) is 6.66. The van der Waals surface area contributed by atoms with Gasteiger partial charge in [-0.05, 0) is 53.7 Å². The van der Waals surface area contributed by atoms with Crippen LogP contribution in [0.25, 0.3) is 0 Å². The van der Waals surface area contributed by atoms with Crippen LogP contribution in [0.15, 0.2) is 98.7 Å². The van der Waals surface area contributed by atoms with Crippen molar-refractivity contribution >= 4 is 61.7 Å². The van der Waals surface area contributed by atoms with Gasteiger partial charge < -0.3 is 4.90 Å². The summed E-state index contributed by atoms with van der Waals surface area (Å²) in [5.41, 5.74) is 3.16. The van der Waals surface area contributed by atoms with Crippen molar-refractivity contribution in [1.82, 2.24) is 4.90 Å². The van der Waals surface area contributed by atoms with E-state index < -0.39 is 10.0 Å². The smallest absolute Gasteiger partial charge is 0.269 e. The van der Waals surface area contributed by atoms with Gasteiger partial charge in [-0.15, -0.1) is 0 Å². The third-order valence-electron chi connectivity index (χ3n) is 5.37. The molecule has 2 aliphatic rings. The molecule has 2 heterocycles. The molecule has 0 aromatic heterocycles. The van der Waals surface area contributed by atoms with Gasteiger partial charge in [0.1, 0.15) is 4.91 Å². The number of carbonyl (C=O) groups excluding carboxylic acids is 1. The number of aliphatic imine (C=N–C) groups is 1. The summed E-state index contributed by atoms with van der Waals surface area (Å²) in [6.07, 6.45) is 1.11. The zero-order valence-electron chi connectivity index (χ0n) is 19.0. The molecule has 1 amide bonds. The lowest BCUT2D eigenvalue weighted by molar-refractivity contribution is -0.122. The minimum Gasteiger partial charge on any atom is -0.337 e. The zero-order chi connectivity index (χ0) is 24.6. The Hall–Kier alpha value is -3.21. The molecule has 0 radical (unpaired) electrons. The summed E-state index contributed by atoms with van der Waals surface area (Å²) in [4.78, 5) is 23.9. The van der Waals surface area contributed by atoms with Gasteiger partial charge in [-0.25, -0.2) is 13.4 Å². The quantitative estimate of drug-likeness (QED) is 0.462. The van der Waals surface area contributed by atoms with Gasteiger partial charge in [-0.1, -0.05) is 54.2 Å². The highest BCUT2D eigenvalue weighted by molar-refractivity contribution is 8.19. The minimum absolute atomic E-state index is 0.0878. The number of rotatable bonds is 5. The van der Waals surface area contributed by atoms with Crippen LogP contribution in [0, 0.1) is 0 Å². The SMILES string of the molecule is CN1/C(=C2/S/C(=N\c3ccc(NS(C)(=O)=O)cc3)N(Cc3ccccc3)C2=O)Sc2ccccc21. The van der Waals surface area contributed by atoms with Gasteiger partial charge in [-0.2, -0.15) is 0 Å². The van der Waals surface area contributed by atoms with Crippen molar-refractivity contribution in [3.63, 3.8) is 0 Å². The van der Waals surface area contributed by atoms with E-state index in [-0.39, 0.29) is 5.91 Å². The Balaban J connectivity index is 1.50. The highest BCUT2D eigenvalue weighted by atomic mass is 32.2. The number of amidine groups is 1. The first-order valence-corrected chi connectivity index (χ1v) is 14.3. The van der Waals surface area contributed by atoms with Crippen LogP contribution < -0.4 is 9.62 Å². The van der Waals surface area contributed by atoms with Gasteiger partial charge in [-0.3, -0.25) is 14.4 Å². The zero-order valence-corrected chi connectivity index (χ0v) is 21.5. The first-order chi connectivity index (χ1) is 16.8. The molecule has 0 unspecified atom stereocenters. The van der Waals surface area contributed by atoms with Crippen LogP contribution in [0.5, 0.6) is 0 Å². The van der Waals surface area contributed by atoms with Crippen LogP contribution >= 0.6 is 23.5 Å². The molecular formula is C25H22N4O3S3. The predicted octanol–water partition coefficient (Wildman–Crippen LogP) is 5.23. The van der Waals surface area contributed by atoms with Gasteiger partial charge in [0, 0.05) is 17.6 Å². The molecule has 0 spiro atoms. The molecular weight excluding hydrogens is 501 g/mol. The number of fused-ring (bicyclic) bond motifs is 1. The van der Waals surface area contributed by atoms with Crippen molar-refractivity contribution in [1.29, 1.82) is 0 Å². The van der Waals surface area contributed by atoms with Crippen LogP contribution in [0.3, 0.4) is 0 Å². The molecule has 178 valence electrons. The van der Waals surface area contributed by atoms with Gasteiger partial charge in [0.25, 0.3) is 5.91 Å². The molecule has 10 heteroatoms. The summed E-state index contributed by atoms with van der Waals surface area (Å²) >= 11 is 2.95. The second-order valence-electron chi connectivity index (χ2n) is 8.06. The number of para-hydroxylation sites is 1. The van der Waals surface area contributed by atoms with Crippen LogP contribution in [-0.2, 0) is 21.4 Å². The lowest BCUT2D eigenvalue weighted by Gasteiger charge is -2.17. The Bertz CT molecular complexity index is 1450. The lowest BCUT2D eigenvalue weighted by Crippen LogP contribution is -2.29. The third kappa shape index (κ3) is 5.09. The van der Waals surface area contributed by atoms with E-state index in [1.54, 1.807) is 40.9 Å². The molecule has 1 N–H and O–H groups in total.